The Bertz CT molecular complexity index is 942. The van der Waals surface area contributed by atoms with E-state index in [-0.39, 0.29) is 29.1 Å². The number of nitrogens with one attached hydrogen (secondary N) is 1. The van der Waals surface area contributed by atoms with Gasteiger partial charge in [0.2, 0.25) is 0 Å². The van der Waals surface area contributed by atoms with Crippen LogP contribution in [0, 0.1) is 13.8 Å². The second-order valence-electron chi connectivity index (χ2n) is 6.88. The van der Waals surface area contributed by atoms with Gasteiger partial charge in [0, 0.05) is 18.3 Å². The van der Waals surface area contributed by atoms with Crippen molar-refractivity contribution in [2.45, 2.75) is 33.2 Å². The van der Waals surface area contributed by atoms with Crippen LogP contribution >= 0.6 is 0 Å². The average Bonchev–Trinajstić information content (AvgIpc) is 2.98. The molecule has 27 heavy (non-hydrogen) atoms. The van der Waals surface area contributed by atoms with Gasteiger partial charge in [-0.05, 0) is 38.8 Å². The van der Waals surface area contributed by atoms with Crippen molar-refractivity contribution in [1.82, 2.24) is 14.9 Å². The molecule has 1 aliphatic rings. The Morgan fingerprint density at radius 2 is 2.04 bits per heavy atom. The molecular formula is C19H24N4O3S. The predicted octanol–water partition coefficient (Wildman–Crippen LogP) is 2.49. The van der Waals surface area contributed by atoms with E-state index < -0.39 is 9.84 Å². The molecule has 0 bridgehead atoms. The quantitative estimate of drug-likeness (QED) is 0.846. The highest BCUT2D eigenvalue weighted by atomic mass is 32.2. The minimum Gasteiger partial charge on any atom is -0.339 e. The zero-order valence-corrected chi connectivity index (χ0v) is 16.6. The van der Waals surface area contributed by atoms with Gasteiger partial charge < -0.3 is 10.2 Å². The second-order valence-corrected chi connectivity index (χ2v) is 9.11. The van der Waals surface area contributed by atoms with Gasteiger partial charge in [0.15, 0.2) is 9.84 Å². The van der Waals surface area contributed by atoms with Gasteiger partial charge in [-0.25, -0.2) is 18.4 Å². The van der Waals surface area contributed by atoms with Gasteiger partial charge in [-0.15, -0.1) is 0 Å². The Kier molecular flexibility index (Phi) is 5.46. The Morgan fingerprint density at radius 1 is 1.26 bits per heavy atom. The molecule has 1 amide bonds. The van der Waals surface area contributed by atoms with E-state index in [0.717, 1.165) is 11.3 Å². The normalized spacial score (nSPS) is 18.3. The van der Waals surface area contributed by atoms with Gasteiger partial charge in [0.1, 0.15) is 11.5 Å². The maximum atomic E-state index is 12.7. The van der Waals surface area contributed by atoms with Crippen molar-refractivity contribution >= 4 is 27.2 Å². The summed E-state index contributed by atoms with van der Waals surface area (Å²) >= 11 is 0. The maximum absolute atomic E-state index is 12.7. The SMILES string of the molecule is CCN(C(=O)c1cnc(Nc2ccc(C)cc2C)cn1)C1CCS(=O)(=O)C1. The van der Waals surface area contributed by atoms with Crippen LogP contribution in [0.15, 0.2) is 30.6 Å². The molecule has 1 saturated heterocycles. The summed E-state index contributed by atoms with van der Waals surface area (Å²) in [5.74, 6) is 0.410. The lowest BCUT2D eigenvalue weighted by atomic mass is 10.1. The first-order valence-corrected chi connectivity index (χ1v) is 10.8. The van der Waals surface area contributed by atoms with Crippen LogP contribution in [0.3, 0.4) is 0 Å². The average molecular weight is 388 g/mol. The monoisotopic (exact) mass is 388 g/mol. The van der Waals surface area contributed by atoms with Crippen LogP contribution in [0.2, 0.25) is 0 Å². The minimum atomic E-state index is -3.05. The van der Waals surface area contributed by atoms with Crippen molar-refractivity contribution in [3.63, 3.8) is 0 Å². The van der Waals surface area contributed by atoms with Gasteiger partial charge in [0.25, 0.3) is 5.91 Å². The molecule has 7 nitrogen and oxygen atoms in total. The minimum absolute atomic E-state index is 0.0202. The lowest BCUT2D eigenvalue weighted by molar-refractivity contribution is 0.0702. The van der Waals surface area contributed by atoms with Crippen molar-refractivity contribution in [2.24, 2.45) is 0 Å². The molecule has 1 aromatic heterocycles. The number of hydrogen-bond acceptors (Lipinski definition) is 6. The summed E-state index contributed by atoms with van der Waals surface area (Å²) in [6.45, 7) is 6.32. The number of aryl methyl sites for hydroxylation is 2. The fourth-order valence-electron chi connectivity index (χ4n) is 3.33. The molecule has 144 valence electrons. The summed E-state index contributed by atoms with van der Waals surface area (Å²) in [6.07, 6.45) is 3.42. The Morgan fingerprint density at radius 3 is 2.59 bits per heavy atom. The van der Waals surface area contributed by atoms with Crippen LogP contribution in [-0.2, 0) is 9.84 Å². The molecule has 1 fully saturated rings. The number of amides is 1. The summed E-state index contributed by atoms with van der Waals surface area (Å²) in [6, 6.07) is 5.77. The Balaban J connectivity index is 1.73. The third kappa shape index (κ3) is 4.44. The number of anilines is 2. The number of rotatable bonds is 5. The largest absolute Gasteiger partial charge is 0.339 e. The van der Waals surface area contributed by atoms with Gasteiger partial charge in [-0.1, -0.05) is 17.7 Å². The van der Waals surface area contributed by atoms with Crippen molar-refractivity contribution in [3.05, 3.63) is 47.4 Å². The van der Waals surface area contributed by atoms with Crippen LogP contribution in [0.1, 0.15) is 35.0 Å². The first-order chi connectivity index (χ1) is 12.8. The van der Waals surface area contributed by atoms with Crippen molar-refractivity contribution < 1.29 is 13.2 Å². The van der Waals surface area contributed by atoms with Crippen molar-refractivity contribution in [3.8, 4) is 0 Å². The van der Waals surface area contributed by atoms with Gasteiger partial charge in [-0.3, -0.25) is 4.79 Å². The zero-order valence-electron chi connectivity index (χ0n) is 15.8. The molecule has 2 aromatic rings. The molecule has 3 rings (SSSR count). The lowest BCUT2D eigenvalue weighted by Crippen LogP contribution is -2.41. The van der Waals surface area contributed by atoms with Crippen LogP contribution in [-0.4, -0.2) is 53.3 Å². The topological polar surface area (TPSA) is 92.3 Å². The molecular weight excluding hydrogens is 364 g/mol. The highest BCUT2D eigenvalue weighted by Crippen LogP contribution is 2.21. The van der Waals surface area contributed by atoms with E-state index in [1.165, 1.54) is 18.0 Å². The molecule has 0 saturated carbocycles. The van der Waals surface area contributed by atoms with Crippen molar-refractivity contribution in [2.75, 3.05) is 23.4 Å². The van der Waals surface area contributed by atoms with E-state index in [4.69, 9.17) is 0 Å². The smallest absolute Gasteiger partial charge is 0.274 e. The number of carbonyl (C=O) groups excluding carboxylic acids is 1. The molecule has 1 aromatic carbocycles. The molecule has 1 atom stereocenters. The summed E-state index contributed by atoms with van der Waals surface area (Å²) in [5, 5.41) is 3.20. The molecule has 0 spiro atoms. The van der Waals surface area contributed by atoms with Crippen molar-refractivity contribution in [1.29, 1.82) is 0 Å². The molecule has 0 radical (unpaired) electrons. The van der Waals surface area contributed by atoms with E-state index in [2.05, 4.69) is 21.4 Å². The van der Waals surface area contributed by atoms with Crippen LogP contribution in [0.4, 0.5) is 11.5 Å². The summed E-state index contributed by atoms with van der Waals surface area (Å²) in [4.78, 5) is 22.8. The first-order valence-electron chi connectivity index (χ1n) is 8.97. The summed E-state index contributed by atoms with van der Waals surface area (Å²) in [7, 11) is -3.05. The van der Waals surface area contributed by atoms with Gasteiger partial charge in [-0.2, -0.15) is 0 Å². The molecule has 1 unspecified atom stereocenters. The Hall–Kier alpha value is -2.48. The summed E-state index contributed by atoms with van der Waals surface area (Å²) < 4.78 is 23.4. The molecule has 1 aliphatic heterocycles. The van der Waals surface area contributed by atoms with E-state index >= 15 is 0 Å². The zero-order chi connectivity index (χ0) is 19.6. The Labute approximate surface area is 159 Å². The summed E-state index contributed by atoms with van der Waals surface area (Å²) in [5.41, 5.74) is 3.42. The van der Waals surface area contributed by atoms with Crippen LogP contribution < -0.4 is 5.32 Å². The molecule has 2 heterocycles. The number of nitrogens with zero attached hydrogens (tertiary/aromatic N) is 3. The van der Waals surface area contributed by atoms with E-state index in [0.29, 0.717) is 18.8 Å². The number of carbonyl (C=O) groups is 1. The molecule has 1 N–H and O–H groups in total. The maximum Gasteiger partial charge on any atom is 0.274 e. The highest BCUT2D eigenvalue weighted by molar-refractivity contribution is 7.91. The third-order valence-electron chi connectivity index (χ3n) is 4.77. The van der Waals surface area contributed by atoms with Crippen LogP contribution in [0.25, 0.3) is 0 Å². The predicted molar refractivity (Wildman–Crippen MR) is 105 cm³/mol. The standard InChI is InChI=1S/C19H24N4O3S/c1-4-23(15-7-8-27(25,26)12-15)19(24)17-10-21-18(11-20-17)22-16-6-5-13(2)9-14(16)3/h5-6,9-11,15H,4,7-8,12H2,1-3H3,(H,21,22). The highest BCUT2D eigenvalue weighted by Gasteiger charge is 2.34. The fraction of sp³-hybridized carbons (Fsp3) is 0.421. The number of aromatic nitrogens is 2. The second kappa shape index (κ2) is 7.64. The first kappa shape index (κ1) is 19.3. The van der Waals surface area contributed by atoms with Gasteiger partial charge in [0.05, 0.1) is 23.9 Å². The van der Waals surface area contributed by atoms with E-state index in [9.17, 15) is 13.2 Å². The third-order valence-corrected chi connectivity index (χ3v) is 6.52. The number of hydrogen-bond donors (Lipinski definition) is 1. The van der Waals surface area contributed by atoms with E-state index in [1.54, 1.807) is 4.90 Å². The molecule has 0 aliphatic carbocycles. The number of benzene rings is 1. The molecule has 8 heteroatoms. The number of sulfone groups is 1. The van der Waals surface area contributed by atoms with E-state index in [1.807, 2.05) is 32.9 Å². The lowest BCUT2D eigenvalue weighted by Gasteiger charge is -2.26. The fourth-order valence-corrected chi connectivity index (χ4v) is 5.06. The van der Waals surface area contributed by atoms with Gasteiger partial charge >= 0.3 is 0 Å². The van der Waals surface area contributed by atoms with Crippen LogP contribution in [0.5, 0.6) is 0 Å².